The van der Waals surface area contributed by atoms with Gasteiger partial charge in [-0.25, -0.2) is 4.79 Å². The van der Waals surface area contributed by atoms with E-state index in [2.05, 4.69) is 0 Å². The summed E-state index contributed by atoms with van der Waals surface area (Å²) < 4.78 is 26.7. The van der Waals surface area contributed by atoms with E-state index in [4.69, 9.17) is 29.4 Å². The summed E-state index contributed by atoms with van der Waals surface area (Å²) in [4.78, 5) is 49.7. The van der Waals surface area contributed by atoms with Gasteiger partial charge in [0.25, 0.3) is 0 Å². The summed E-state index contributed by atoms with van der Waals surface area (Å²) in [5, 5.41) is 0. The molecule has 0 aliphatic heterocycles. The molecule has 10 heteroatoms. The Labute approximate surface area is 238 Å². The van der Waals surface area contributed by atoms with E-state index in [0.29, 0.717) is 5.56 Å². The fourth-order valence-electron chi connectivity index (χ4n) is 3.08. The molecule has 226 valence electrons. The molecule has 0 fully saturated rings. The summed E-state index contributed by atoms with van der Waals surface area (Å²) in [5.41, 5.74) is 6.68. The number of benzene rings is 1. The lowest BCUT2D eigenvalue weighted by molar-refractivity contribution is -0.155. The van der Waals surface area contributed by atoms with E-state index in [9.17, 15) is 19.2 Å². The Balaban J connectivity index is 2.97. The summed E-state index contributed by atoms with van der Waals surface area (Å²) in [7, 11) is 0. The molecule has 40 heavy (non-hydrogen) atoms. The van der Waals surface area contributed by atoms with Crippen molar-refractivity contribution in [1.29, 1.82) is 0 Å². The summed E-state index contributed by atoms with van der Waals surface area (Å²) >= 11 is 0. The summed E-state index contributed by atoms with van der Waals surface area (Å²) in [5.74, 6) is -2.11. The lowest BCUT2D eigenvalue weighted by atomic mass is 9.98. The van der Waals surface area contributed by atoms with Gasteiger partial charge in [0.1, 0.15) is 18.2 Å². The average Bonchev–Trinajstić information content (AvgIpc) is 2.88. The molecule has 3 unspecified atom stereocenters. The molecule has 0 amide bonds. The summed E-state index contributed by atoms with van der Waals surface area (Å²) in [6, 6.07) is 3.63. The molecule has 0 aliphatic carbocycles. The number of carbonyl (C=O) groups excluding carboxylic acids is 4. The molecule has 0 aliphatic rings. The van der Waals surface area contributed by atoms with Crippen LogP contribution in [0.2, 0.25) is 0 Å². The number of rotatable bonds is 15. The molecule has 0 bridgehead atoms. The standard InChI is InChI=1S/C30H47NO9/c1-10-11-14-36-30(35)38-22(9)21(8)37-29(34)24(31)15-23-12-13-25(39-27(32)19(6)17(2)3)26(16-23)40-28(33)20(7)18(4)5/h12-13,16-22,24H,10-11,14-15,31H2,1-9H3/t19?,20?,21-,22?,24-/m0/s1. The van der Waals surface area contributed by atoms with Gasteiger partial charge >= 0.3 is 24.1 Å². The van der Waals surface area contributed by atoms with Crippen LogP contribution >= 0.6 is 0 Å². The van der Waals surface area contributed by atoms with Gasteiger partial charge in [0, 0.05) is 0 Å². The van der Waals surface area contributed by atoms with E-state index >= 15 is 0 Å². The van der Waals surface area contributed by atoms with Crippen molar-refractivity contribution in [3.8, 4) is 11.5 Å². The van der Waals surface area contributed by atoms with Crippen LogP contribution in [-0.4, -0.2) is 48.9 Å². The van der Waals surface area contributed by atoms with E-state index in [0.717, 1.165) is 12.8 Å². The van der Waals surface area contributed by atoms with Crippen LogP contribution < -0.4 is 15.2 Å². The maximum atomic E-state index is 12.7. The predicted molar refractivity (Wildman–Crippen MR) is 150 cm³/mol. The van der Waals surface area contributed by atoms with E-state index in [-0.39, 0.29) is 42.3 Å². The Bertz CT molecular complexity index is 991. The van der Waals surface area contributed by atoms with Crippen molar-refractivity contribution in [2.45, 2.75) is 99.8 Å². The van der Waals surface area contributed by atoms with Crippen molar-refractivity contribution in [3.63, 3.8) is 0 Å². The molecule has 0 radical (unpaired) electrons. The molecular weight excluding hydrogens is 518 g/mol. The third-order valence-corrected chi connectivity index (χ3v) is 6.89. The zero-order valence-electron chi connectivity index (χ0n) is 25.4. The van der Waals surface area contributed by atoms with Crippen molar-refractivity contribution in [2.75, 3.05) is 6.61 Å². The van der Waals surface area contributed by atoms with Crippen LogP contribution in [0.25, 0.3) is 0 Å². The van der Waals surface area contributed by atoms with E-state index in [1.165, 1.54) is 12.1 Å². The Morgan fingerprint density at radius 1 is 0.750 bits per heavy atom. The fourth-order valence-corrected chi connectivity index (χ4v) is 3.08. The van der Waals surface area contributed by atoms with Crippen LogP contribution in [-0.2, 0) is 35.0 Å². The molecule has 0 spiro atoms. The quantitative estimate of drug-likeness (QED) is 0.171. The van der Waals surface area contributed by atoms with Crippen LogP contribution in [0.3, 0.4) is 0 Å². The Morgan fingerprint density at radius 2 is 1.27 bits per heavy atom. The Hall–Kier alpha value is -3.14. The molecule has 10 nitrogen and oxygen atoms in total. The first-order valence-corrected chi connectivity index (χ1v) is 14.0. The highest BCUT2D eigenvalue weighted by atomic mass is 16.7. The maximum absolute atomic E-state index is 12.7. The zero-order chi connectivity index (χ0) is 30.6. The van der Waals surface area contributed by atoms with Gasteiger partial charge in [-0.3, -0.25) is 14.4 Å². The fraction of sp³-hybridized carbons (Fsp3) is 0.667. The SMILES string of the molecule is CCCCOC(=O)OC(C)[C@H](C)OC(=O)[C@@H](N)Cc1ccc(OC(=O)C(C)C(C)C)c(OC(=O)C(C)C(C)C)c1. The van der Waals surface area contributed by atoms with Gasteiger partial charge in [0.2, 0.25) is 0 Å². The third kappa shape index (κ3) is 11.5. The molecule has 5 atom stereocenters. The van der Waals surface area contributed by atoms with Gasteiger partial charge in [0.05, 0.1) is 18.4 Å². The highest BCUT2D eigenvalue weighted by molar-refractivity contribution is 5.79. The van der Waals surface area contributed by atoms with E-state index < -0.39 is 48.2 Å². The van der Waals surface area contributed by atoms with Crippen molar-refractivity contribution < 1.29 is 42.9 Å². The number of unbranched alkanes of at least 4 members (excludes halogenated alkanes) is 1. The second kappa shape index (κ2) is 16.8. The minimum absolute atomic E-state index is 0.0393. The largest absolute Gasteiger partial charge is 0.508 e. The van der Waals surface area contributed by atoms with Gasteiger partial charge in [0.15, 0.2) is 11.5 Å². The number of nitrogens with two attached hydrogens (primary N) is 1. The first-order valence-electron chi connectivity index (χ1n) is 14.0. The third-order valence-electron chi connectivity index (χ3n) is 6.89. The molecule has 2 N–H and O–H groups in total. The topological polar surface area (TPSA) is 140 Å². The summed E-state index contributed by atoms with van der Waals surface area (Å²) in [6.07, 6.45) is -0.689. The zero-order valence-corrected chi connectivity index (χ0v) is 25.4. The second-order valence-electron chi connectivity index (χ2n) is 10.9. The highest BCUT2D eigenvalue weighted by Gasteiger charge is 2.27. The highest BCUT2D eigenvalue weighted by Crippen LogP contribution is 2.31. The first kappa shape index (κ1) is 34.9. The number of carbonyl (C=O) groups is 4. The normalized spacial score (nSPS) is 15.0. The van der Waals surface area contributed by atoms with Gasteiger partial charge < -0.3 is 29.4 Å². The Morgan fingerprint density at radius 3 is 1.80 bits per heavy atom. The average molecular weight is 566 g/mol. The molecular formula is C30H47NO9. The summed E-state index contributed by atoms with van der Waals surface area (Å²) in [6.45, 7) is 16.5. The van der Waals surface area contributed by atoms with Crippen molar-refractivity contribution in [2.24, 2.45) is 29.4 Å². The van der Waals surface area contributed by atoms with E-state index in [1.807, 2.05) is 34.6 Å². The second-order valence-corrected chi connectivity index (χ2v) is 10.9. The number of ether oxygens (including phenoxy) is 5. The van der Waals surface area contributed by atoms with Gasteiger partial charge in [-0.2, -0.15) is 0 Å². The van der Waals surface area contributed by atoms with Gasteiger partial charge in [-0.1, -0.05) is 61.0 Å². The van der Waals surface area contributed by atoms with Crippen LogP contribution in [0.15, 0.2) is 18.2 Å². The first-order chi connectivity index (χ1) is 18.7. The molecule has 1 aromatic carbocycles. The van der Waals surface area contributed by atoms with Crippen molar-refractivity contribution in [1.82, 2.24) is 0 Å². The minimum Gasteiger partial charge on any atom is -0.458 e. The molecule has 0 heterocycles. The van der Waals surface area contributed by atoms with Crippen LogP contribution in [0, 0.1) is 23.7 Å². The van der Waals surface area contributed by atoms with Gasteiger partial charge in [-0.05, 0) is 56.2 Å². The lowest BCUT2D eigenvalue weighted by Gasteiger charge is -2.22. The predicted octanol–water partition coefficient (Wildman–Crippen LogP) is 5.22. The lowest BCUT2D eigenvalue weighted by Crippen LogP contribution is -2.39. The van der Waals surface area contributed by atoms with Gasteiger partial charge in [-0.15, -0.1) is 0 Å². The Kier molecular flexibility index (Phi) is 14.7. The molecule has 0 aromatic heterocycles. The van der Waals surface area contributed by atoms with Crippen molar-refractivity contribution in [3.05, 3.63) is 23.8 Å². The van der Waals surface area contributed by atoms with Crippen LogP contribution in [0.1, 0.15) is 80.7 Å². The molecule has 1 rings (SSSR count). The maximum Gasteiger partial charge on any atom is 0.508 e. The molecule has 1 aromatic rings. The van der Waals surface area contributed by atoms with E-state index in [1.54, 1.807) is 33.8 Å². The monoisotopic (exact) mass is 565 g/mol. The smallest absolute Gasteiger partial charge is 0.458 e. The number of hydrogen-bond acceptors (Lipinski definition) is 10. The van der Waals surface area contributed by atoms with Crippen LogP contribution in [0.4, 0.5) is 4.79 Å². The number of esters is 3. The minimum atomic E-state index is -1.06. The number of hydrogen-bond donors (Lipinski definition) is 1. The molecule has 0 saturated carbocycles. The van der Waals surface area contributed by atoms with Crippen molar-refractivity contribution >= 4 is 24.1 Å². The molecule has 0 saturated heterocycles. The van der Waals surface area contributed by atoms with Crippen LogP contribution in [0.5, 0.6) is 11.5 Å².